The molecule has 0 N–H and O–H groups in total. The number of rotatable bonds is 4. The first kappa shape index (κ1) is 13.9. The van der Waals surface area contributed by atoms with Crippen LogP contribution in [0.5, 0.6) is 0 Å². The van der Waals surface area contributed by atoms with Crippen LogP contribution in [0.3, 0.4) is 0 Å². The van der Waals surface area contributed by atoms with Gasteiger partial charge in [-0.15, -0.1) is 5.06 Å². The molecule has 0 saturated carbocycles. The van der Waals surface area contributed by atoms with Crippen molar-refractivity contribution >= 4 is 33.7 Å². The Labute approximate surface area is 124 Å². The lowest BCUT2D eigenvalue weighted by Crippen LogP contribution is -2.40. The summed E-state index contributed by atoms with van der Waals surface area (Å²) in [6, 6.07) is 10.5. The summed E-state index contributed by atoms with van der Waals surface area (Å²) in [6.45, 7) is 1.84. The van der Waals surface area contributed by atoms with Gasteiger partial charge in [0, 0.05) is 5.39 Å². The second-order valence-electron chi connectivity index (χ2n) is 4.70. The van der Waals surface area contributed by atoms with Crippen LogP contribution in [0, 0.1) is 0 Å². The van der Waals surface area contributed by atoms with Gasteiger partial charge >= 0.3 is 0 Å². The first-order valence-electron chi connectivity index (χ1n) is 6.61. The van der Waals surface area contributed by atoms with Gasteiger partial charge in [-0.25, -0.2) is 4.21 Å². The predicted octanol–water partition coefficient (Wildman–Crippen LogP) is 2.44. The number of nitrogens with zero attached hydrogens (tertiary/aromatic N) is 1. The van der Waals surface area contributed by atoms with Crippen molar-refractivity contribution in [2.24, 2.45) is 0 Å². The minimum atomic E-state index is -1.70. The summed E-state index contributed by atoms with van der Waals surface area (Å²) >= 11 is -1.70. The van der Waals surface area contributed by atoms with Gasteiger partial charge in [-0.3, -0.25) is 9.59 Å². The highest BCUT2D eigenvalue weighted by Gasteiger charge is 2.35. The van der Waals surface area contributed by atoms with Crippen molar-refractivity contribution in [1.82, 2.24) is 5.06 Å². The fraction of sp³-hybridized carbons (Fsp3) is 0.200. The maximum atomic E-state index is 12.4. The van der Waals surface area contributed by atoms with E-state index in [9.17, 15) is 13.8 Å². The number of amides is 2. The average molecular weight is 303 g/mol. The summed E-state index contributed by atoms with van der Waals surface area (Å²) in [5.41, 5.74) is 0.771. The van der Waals surface area contributed by atoms with Crippen LogP contribution < -0.4 is 0 Å². The van der Waals surface area contributed by atoms with Crippen molar-refractivity contribution < 1.29 is 18.1 Å². The lowest BCUT2D eigenvalue weighted by atomic mass is 9.95. The molecule has 0 saturated heterocycles. The Morgan fingerprint density at radius 1 is 1.05 bits per heavy atom. The molecule has 0 bridgehead atoms. The zero-order valence-electron chi connectivity index (χ0n) is 11.4. The number of hydroxylamine groups is 2. The summed E-state index contributed by atoms with van der Waals surface area (Å²) < 4.78 is 16.8. The number of benzene rings is 2. The van der Waals surface area contributed by atoms with Gasteiger partial charge in [-0.05, 0) is 23.9 Å². The van der Waals surface area contributed by atoms with E-state index in [1.54, 1.807) is 24.3 Å². The van der Waals surface area contributed by atoms with E-state index < -0.39 is 22.9 Å². The SMILES string of the molecule is CCCS(=O)ON1C(=O)c2cccc3cccc(c23)C1=O. The first-order valence-corrected chi connectivity index (χ1v) is 7.85. The maximum absolute atomic E-state index is 12.4. The number of hydrogen-bond donors (Lipinski definition) is 0. The maximum Gasteiger partial charge on any atom is 0.286 e. The Balaban J connectivity index is 2.09. The second kappa shape index (κ2) is 5.38. The number of imide groups is 1. The van der Waals surface area contributed by atoms with Crippen LogP contribution >= 0.6 is 0 Å². The monoisotopic (exact) mass is 303 g/mol. The second-order valence-corrected chi connectivity index (χ2v) is 5.86. The highest BCUT2D eigenvalue weighted by molar-refractivity contribution is 7.80. The lowest BCUT2D eigenvalue weighted by molar-refractivity contribution is -0.0115. The van der Waals surface area contributed by atoms with E-state index in [-0.39, 0.29) is 5.75 Å². The Morgan fingerprint density at radius 3 is 2.14 bits per heavy atom. The Hall–Kier alpha value is -2.05. The van der Waals surface area contributed by atoms with Crippen molar-refractivity contribution in [3.8, 4) is 0 Å². The third-order valence-corrected chi connectivity index (χ3v) is 4.32. The zero-order chi connectivity index (χ0) is 15.0. The average Bonchev–Trinajstić information content (AvgIpc) is 2.49. The largest absolute Gasteiger partial charge is 0.286 e. The van der Waals surface area contributed by atoms with Crippen molar-refractivity contribution in [1.29, 1.82) is 0 Å². The molecule has 2 amide bonds. The fourth-order valence-electron chi connectivity index (χ4n) is 2.36. The van der Waals surface area contributed by atoms with E-state index in [4.69, 9.17) is 4.28 Å². The standard InChI is InChI=1S/C15H13NO4S/c1-2-9-21(19)20-16-14(17)11-7-3-5-10-6-4-8-12(13(10)11)15(16)18/h3-8H,2,9H2,1H3. The minimum absolute atomic E-state index is 0.267. The van der Waals surface area contributed by atoms with Crippen LogP contribution in [0.2, 0.25) is 0 Å². The van der Waals surface area contributed by atoms with Gasteiger partial charge in [0.05, 0.1) is 16.9 Å². The van der Waals surface area contributed by atoms with Crippen LogP contribution in [-0.4, -0.2) is 26.8 Å². The lowest BCUT2D eigenvalue weighted by Gasteiger charge is -2.24. The van der Waals surface area contributed by atoms with E-state index in [0.29, 0.717) is 28.0 Å². The van der Waals surface area contributed by atoms with Gasteiger partial charge in [-0.1, -0.05) is 31.2 Å². The molecule has 2 aromatic carbocycles. The molecule has 1 heterocycles. The van der Waals surface area contributed by atoms with E-state index in [1.807, 2.05) is 19.1 Å². The normalized spacial score (nSPS) is 15.6. The fourth-order valence-corrected chi connectivity index (χ4v) is 3.07. The van der Waals surface area contributed by atoms with E-state index >= 15 is 0 Å². The van der Waals surface area contributed by atoms with Gasteiger partial charge in [-0.2, -0.15) is 4.28 Å². The van der Waals surface area contributed by atoms with Gasteiger partial charge < -0.3 is 0 Å². The third-order valence-electron chi connectivity index (χ3n) is 3.26. The highest BCUT2D eigenvalue weighted by Crippen LogP contribution is 2.30. The zero-order valence-corrected chi connectivity index (χ0v) is 12.2. The number of hydrogen-bond acceptors (Lipinski definition) is 4. The molecule has 2 aromatic rings. The molecule has 1 aliphatic rings. The van der Waals surface area contributed by atoms with Crippen molar-refractivity contribution in [2.75, 3.05) is 5.75 Å². The van der Waals surface area contributed by atoms with Crippen molar-refractivity contribution in [2.45, 2.75) is 13.3 Å². The van der Waals surface area contributed by atoms with Crippen LogP contribution in [0.25, 0.3) is 10.8 Å². The quantitative estimate of drug-likeness (QED) is 0.814. The summed E-state index contributed by atoms with van der Waals surface area (Å²) in [5, 5.41) is 2.06. The molecule has 0 aromatic heterocycles. The molecule has 21 heavy (non-hydrogen) atoms. The number of carbonyl (C=O) groups is 2. The molecule has 1 unspecified atom stereocenters. The summed E-state index contributed by atoms with van der Waals surface area (Å²) in [4.78, 5) is 24.8. The summed E-state index contributed by atoms with van der Waals surface area (Å²) in [5.74, 6) is -0.884. The Bertz CT molecular complexity index is 721. The molecule has 1 atom stereocenters. The third kappa shape index (κ3) is 2.26. The molecule has 6 heteroatoms. The minimum Gasteiger partial charge on any atom is -0.266 e. The molecule has 108 valence electrons. The molecule has 1 aliphatic heterocycles. The molecule has 0 spiro atoms. The number of carbonyl (C=O) groups excluding carboxylic acids is 2. The topological polar surface area (TPSA) is 63.7 Å². The summed E-state index contributed by atoms with van der Waals surface area (Å²) in [7, 11) is 0. The summed E-state index contributed by atoms with van der Waals surface area (Å²) in [6.07, 6.45) is 0.634. The van der Waals surface area contributed by atoms with Crippen LogP contribution in [-0.2, 0) is 15.4 Å². The molecular weight excluding hydrogens is 290 g/mol. The van der Waals surface area contributed by atoms with E-state index in [0.717, 1.165) is 5.39 Å². The van der Waals surface area contributed by atoms with Crippen LogP contribution in [0.4, 0.5) is 0 Å². The van der Waals surface area contributed by atoms with Crippen molar-refractivity contribution in [3.63, 3.8) is 0 Å². The molecular formula is C15H13NO4S. The smallest absolute Gasteiger partial charge is 0.266 e. The highest BCUT2D eigenvalue weighted by atomic mass is 32.2. The van der Waals surface area contributed by atoms with Crippen molar-refractivity contribution in [3.05, 3.63) is 47.5 Å². The Kier molecular flexibility index (Phi) is 3.57. The molecule has 0 radical (unpaired) electrons. The molecule has 5 nitrogen and oxygen atoms in total. The molecule has 0 aliphatic carbocycles. The molecule has 3 rings (SSSR count). The van der Waals surface area contributed by atoms with Crippen LogP contribution in [0.1, 0.15) is 34.1 Å². The Morgan fingerprint density at radius 2 is 1.62 bits per heavy atom. The van der Waals surface area contributed by atoms with Crippen LogP contribution in [0.15, 0.2) is 36.4 Å². The first-order chi connectivity index (χ1) is 10.1. The van der Waals surface area contributed by atoms with E-state index in [2.05, 4.69) is 0 Å². The molecule has 0 fully saturated rings. The van der Waals surface area contributed by atoms with Gasteiger partial charge in [0.25, 0.3) is 11.8 Å². The van der Waals surface area contributed by atoms with E-state index in [1.165, 1.54) is 0 Å². The predicted molar refractivity (Wildman–Crippen MR) is 78.8 cm³/mol. The van der Waals surface area contributed by atoms with Gasteiger partial charge in [0.2, 0.25) is 0 Å². The van der Waals surface area contributed by atoms with Gasteiger partial charge in [0.1, 0.15) is 0 Å². The van der Waals surface area contributed by atoms with Gasteiger partial charge in [0.15, 0.2) is 11.1 Å².